The lowest BCUT2D eigenvalue weighted by atomic mass is 10.1. The van der Waals surface area contributed by atoms with Crippen molar-refractivity contribution in [3.05, 3.63) is 35.6 Å². The lowest BCUT2D eigenvalue weighted by Gasteiger charge is -2.15. The minimum absolute atomic E-state index is 0.0940. The molecule has 1 saturated carbocycles. The number of rotatable bonds is 2. The van der Waals surface area contributed by atoms with Gasteiger partial charge in [-0.25, -0.2) is 4.39 Å². The van der Waals surface area contributed by atoms with Crippen LogP contribution in [0.15, 0.2) is 29.3 Å². The molecular weight excluding hydrogens is 217 g/mol. The molecule has 1 aromatic rings. The Kier molecular flexibility index (Phi) is 2.50. The van der Waals surface area contributed by atoms with Gasteiger partial charge in [0, 0.05) is 25.6 Å². The van der Waals surface area contributed by atoms with Crippen LogP contribution in [-0.2, 0) is 0 Å². The molecule has 2 aliphatic rings. The average Bonchev–Trinajstić information content (AvgIpc) is 2.96. The Bertz CT molecular complexity index is 458. The van der Waals surface area contributed by atoms with Crippen LogP contribution >= 0.6 is 0 Å². The van der Waals surface area contributed by atoms with Gasteiger partial charge in [0.05, 0.1) is 6.54 Å². The molecule has 0 spiro atoms. The van der Waals surface area contributed by atoms with Crippen LogP contribution in [0.2, 0.25) is 0 Å². The lowest BCUT2D eigenvalue weighted by Crippen LogP contribution is -2.37. The number of nitrogens with zero attached hydrogens (tertiary/aromatic N) is 2. The van der Waals surface area contributed by atoms with Gasteiger partial charge in [-0.15, -0.1) is 0 Å². The zero-order chi connectivity index (χ0) is 11.8. The third kappa shape index (κ3) is 1.99. The first kappa shape index (κ1) is 10.6. The van der Waals surface area contributed by atoms with Gasteiger partial charge in [-0.1, -0.05) is 18.2 Å². The summed E-state index contributed by atoms with van der Waals surface area (Å²) in [6, 6.07) is 7.38. The lowest BCUT2D eigenvalue weighted by molar-refractivity contribution is 0.532. The van der Waals surface area contributed by atoms with Crippen molar-refractivity contribution in [1.82, 2.24) is 10.2 Å². The average molecular weight is 233 g/mol. The first-order valence-electron chi connectivity index (χ1n) is 6.02. The topological polar surface area (TPSA) is 27.6 Å². The number of halogens is 1. The van der Waals surface area contributed by atoms with Gasteiger partial charge >= 0.3 is 0 Å². The van der Waals surface area contributed by atoms with Crippen molar-refractivity contribution in [3.8, 4) is 0 Å². The Hall–Kier alpha value is -1.58. The van der Waals surface area contributed by atoms with E-state index in [4.69, 9.17) is 0 Å². The zero-order valence-corrected chi connectivity index (χ0v) is 9.86. The Morgan fingerprint density at radius 2 is 2.24 bits per heavy atom. The summed E-state index contributed by atoms with van der Waals surface area (Å²) >= 11 is 0. The summed E-state index contributed by atoms with van der Waals surface area (Å²) in [5, 5.41) is 3.39. The highest BCUT2D eigenvalue weighted by Gasteiger charge is 2.41. The van der Waals surface area contributed by atoms with Gasteiger partial charge in [-0.3, -0.25) is 4.99 Å². The molecule has 0 bridgehead atoms. The second kappa shape index (κ2) is 4.02. The van der Waals surface area contributed by atoms with Gasteiger partial charge in [0.2, 0.25) is 0 Å². The molecular formula is C13H16FN3. The standard InChI is InChI=1S/C13H16FN3/c1-17-7-6-15-13(17)16-12-8-10(12)9-4-2-3-5-11(9)14/h2-5,10,12H,6-8H2,1H3,(H,15,16)/t10-,12+/m0/s1. The van der Waals surface area contributed by atoms with Crippen LogP contribution in [0.25, 0.3) is 0 Å². The van der Waals surface area contributed by atoms with Gasteiger partial charge in [0.1, 0.15) is 5.82 Å². The van der Waals surface area contributed by atoms with E-state index < -0.39 is 0 Å². The maximum absolute atomic E-state index is 13.6. The minimum Gasteiger partial charge on any atom is -0.353 e. The van der Waals surface area contributed by atoms with Crippen LogP contribution in [0.1, 0.15) is 17.9 Å². The molecule has 4 heteroatoms. The summed E-state index contributed by atoms with van der Waals surface area (Å²) in [5.41, 5.74) is 0.825. The first-order chi connectivity index (χ1) is 8.25. The summed E-state index contributed by atoms with van der Waals surface area (Å²) in [7, 11) is 2.03. The Balaban J connectivity index is 1.65. The van der Waals surface area contributed by atoms with Crippen molar-refractivity contribution in [2.75, 3.05) is 20.1 Å². The summed E-state index contributed by atoms with van der Waals surface area (Å²) in [6.45, 7) is 1.83. The second-order valence-corrected chi connectivity index (χ2v) is 4.74. The predicted octanol–water partition coefficient (Wildman–Crippen LogP) is 1.57. The first-order valence-corrected chi connectivity index (χ1v) is 6.02. The van der Waals surface area contributed by atoms with E-state index in [0.29, 0.717) is 12.0 Å². The fraction of sp³-hybridized carbons (Fsp3) is 0.462. The number of benzene rings is 1. The van der Waals surface area contributed by atoms with E-state index in [1.807, 2.05) is 19.2 Å². The molecule has 90 valence electrons. The molecule has 0 unspecified atom stereocenters. The van der Waals surface area contributed by atoms with E-state index in [0.717, 1.165) is 31.0 Å². The molecule has 1 aromatic carbocycles. The van der Waals surface area contributed by atoms with Crippen molar-refractivity contribution in [2.45, 2.75) is 18.4 Å². The molecule has 0 amide bonds. The van der Waals surface area contributed by atoms with Crippen LogP contribution in [0.3, 0.4) is 0 Å². The third-order valence-electron chi connectivity index (χ3n) is 3.47. The Labute approximate surface area is 100 Å². The van der Waals surface area contributed by atoms with Crippen molar-refractivity contribution < 1.29 is 4.39 Å². The van der Waals surface area contributed by atoms with Crippen LogP contribution in [-0.4, -0.2) is 37.0 Å². The molecule has 17 heavy (non-hydrogen) atoms. The van der Waals surface area contributed by atoms with E-state index in [1.165, 1.54) is 6.07 Å². The third-order valence-corrected chi connectivity index (χ3v) is 3.47. The maximum Gasteiger partial charge on any atom is 0.194 e. The largest absolute Gasteiger partial charge is 0.353 e. The predicted molar refractivity (Wildman–Crippen MR) is 65.6 cm³/mol. The van der Waals surface area contributed by atoms with Gasteiger partial charge < -0.3 is 10.2 Å². The maximum atomic E-state index is 13.6. The molecule has 1 aliphatic heterocycles. The zero-order valence-electron chi connectivity index (χ0n) is 9.86. The quantitative estimate of drug-likeness (QED) is 0.839. The smallest absolute Gasteiger partial charge is 0.194 e. The number of aliphatic imine (C=N–C) groups is 1. The van der Waals surface area contributed by atoms with Crippen LogP contribution < -0.4 is 5.32 Å². The molecule has 0 saturated heterocycles. The van der Waals surface area contributed by atoms with Crippen LogP contribution in [0.4, 0.5) is 4.39 Å². The number of guanidine groups is 1. The number of hydrogen-bond donors (Lipinski definition) is 1. The van der Waals surface area contributed by atoms with Gasteiger partial charge in [-0.05, 0) is 18.1 Å². The summed E-state index contributed by atoms with van der Waals surface area (Å²) in [4.78, 5) is 6.49. The molecule has 2 atom stereocenters. The summed E-state index contributed by atoms with van der Waals surface area (Å²) < 4.78 is 13.6. The monoisotopic (exact) mass is 233 g/mol. The minimum atomic E-state index is -0.0940. The molecule has 1 N–H and O–H groups in total. The van der Waals surface area contributed by atoms with Crippen LogP contribution in [0, 0.1) is 5.82 Å². The van der Waals surface area contributed by atoms with E-state index in [-0.39, 0.29) is 5.82 Å². The highest BCUT2D eigenvalue weighted by molar-refractivity contribution is 5.82. The number of likely N-dealkylation sites (N-methyl/N-ethyl adjacent to an activating group) is 1. The van der Waals surface area contributed by atoms with E-state index >= 15 is 0 Å². The second-order valence-electron chi connectivity index (χ2n) is 4.74. The van der Waals surface area contributed by atoms with Gasteiger partial charge in [-0.2, -0.15) is 0 Å². The summed E-state index contributed by atoms with van der Waals surface area (Å²) in [6.07, 6.45) is 0.994. The molecule has 3 nitrogen and oxygen atoms in total. The molecule has 1 aliphatic carbocycles. The van der Waals surface area contributed by atoms with E-state index in [2.05, 4.69) is 15.2 Å². The van der Waals surface area contributed by atoms with Gasteiger partial charge in [0.15, 0.2) is 5.96 Å². The Morgan fingerprint density at radius 3 is 2.94 bits per heavy atom. The highest BCUT2D eigenvalue weighted by Crippen LogP contribution is 2.41. The number of hydrogen-bond acceptors (Lipinski definition) is 3. The van der Waals surface area contributed by atoms with Crippen molar-refractivity contribution in [1.29, 1.82) is 0 Å². The van der Waals surface area contributed by atoms with Crippen molar-refractivity contribution in [2.24, 2.45) is 4.99 Å². The normalized spacial score (nSPS) is 26.9. The van der Waals surface area contributed by atoms with E-state index in [1.54, 1.807) is 6.07 Å². The molecule has 0 radical (unpaired) electrons. The molecule has 1 fully saturated rings. The van der Waals surface area contributed by atoms with Crippen molar-refractivity contribution in [3.63, 3.8) is 0 Å². The van der Waals surface area contributed by atoms with Gasteiger partial charge in [0.25, 0.3) is 0 Å². The number of nitrogens with one attached hydrogen (secondary N) is 1. The molecule has 1 heterocycles. The van der Waals surface area contributed by atoms with Crippen LogP contribution in [0.5, 0.6) is 0 Å². The molecule has 3 rings (SSSR count). The molecule has 0 aromatic heterocycles. The fourth-order valence-corrected chi connectivity index (χ4v) is 2.33. The van der Waals surface area contributed by atoms with E-state index in [9.17, 15) is 4.39 Å². The SMILES string of the molecule is CN1CCN=C1N[C@@H]1C[C@H]1c1ccccc1F. The fourth-order valence-electron chi connectivity index (χ4n) is 2.33. The highest BCUT2D eigenvalue weighted by atomic mass is 19.1. The summed E-state index contributed by atoms with van der Waals surface area (Å²) in [5.74, 6) is 1.16. The van der Waals surface area contributed by atoms with Crippen molar-refractivity contribution >= 4 is 5.96 Å². The Morgan fingerprint density at radius 1 is 1.41 bits per heavy atom.